The molecule has 7 nitrogen and oxygen atoms in total. The van der Waals surface area contributed by atoms with Crippen LogP contribution in [0.2, 0.25) is 0 Å². The number of allylic oxidation sites excluding steroid dienone is 1. The third-order valence-electron chi connectivity index (χ3n) is 4.99. The van der Waals surface area contributed by atoms with E-state index in [2.05, 4.69) is 22.1 Å². The van der Waals surface area contributed by atoms with Crippen molar-refractivity contribution in [2.24, 2.45) is 0 Å². The van der Waals surface area contributed by atoms with Gasteiger partial charge in [-0.25, -0.2) is 4.79 Å². The highest BCUT2D eigenvalue weighted by atomic mass is 32.2. The summed E-state index contributed by atoms with van der Waals surface area (Å²) in [4.78, 5) is 26.2. The summed E-state index contributed by atoms with van der Waals surface area (Å²) in [6.07, 6.45) is 6.95. The Balaban J connectivity index is 1.44. The van der Waals surface area contributed by atoms with Crippen LogP contribution in [0.4, 0.5) is 5.00 Å². The second kappa shape index (κ2) is 8.71. The monoisotopic (exact) mass is 432 g/mol. The first-order valence-electron chi connectivity index (χ1n) is 9.90. The zero-order chi connectivity index (χ0) is 20.4. The molecule has 1 N–H and O–H groups in total. The fourth-order valence-electron chi connectivity index (χ4n) is 3.56. The van der Waals surface area contributed by atoms with Crippen molar-refractivity contribution in [2.45, 2.75) is 56.6 Å². The maximum Gasteiger partial charge on any atom is 0.341 e. The lowest BCUT2D eigenvalue weighted by Crippen LogP contribution is -2.17. The first-order valence-corrected chi connectivity index (χ1v) is 11.7. The van der Waals surface area contributed by atoms with Crippen LogP contribution in [0.25, 0.3) is 0 Å². The molecule has 4 rings (SSSR count). The molecule has 0 saturated heterocycles. The molecule has 2 aromatic rings. The molecule has 0 spiro atoms. The number of anilines is 1. The number of rotatable bonds is 9. The van der Waals surface area contributed by atoms with Gasteiger partial charge in [-0.05, 0) is 44.6 Å². The minimum absolute atomic E-state index is 0.165. The molecule has 0 atom stereocenters. The number of amides is 1. The van der Waals surface area contributed by atoms with Crippen LogP contribution in [0.1, 0.15) is 58.7 Å². The van der Waals surface area contributed by atoms with Gasteiger partial charge in [0.25, 0.3) is 0 Å². The van der Waals surface area contributed by atoms with E-state index in [0.717, 1.165) is 48.6 Å². The Morgan fingerprint density at radius 2 is 2.21 bits per heavy atom. The molecular weight excluding hydrogens is 408 g/mol. The van der Waals surface area contributed by atoms with E-state index >= 15 is 0 Å². The number of aromatic nitrogens is 3. The van der Waals surface area contributed by atoms with Crippen molar-refractivity contribution in [3.05, 3.63) is 34.5 Å². The van der Waals surface area contributed by atoms with Crippen LogP contribution in [0.5, 0.6) is 0 Å². The average molecular weight is 433 g/mol. The fourth-order valence-corrected chi connectivity index (χ4v) is 5.60. The van der Waals surface area contributed by atoms with Crippen LogP contribution in [0, 0.1) is 0 Å². The molecule has 154 valence electrons. The van der Waals surface area contributed by atoms with Crippen LogP contribution >= 0.6 is 23.1 Å². The van der Waals surface area contributed by atoms with Gasteiger partial charge in [0.15, 0.2) is 5.16 Å². The number of nitrogens with one attached hydrogen (secondary N) is 1. The quantitative estimate of drug-likeness (QED) is 0.368. The lowest BCUT2D eigenvalue weighted by molar-refractivity contribution is -0.113. The van der Waals surface area contributed by atoms with Crippen molar-refractivity contribution in [3.8, 4) is 0 Å². The van der Waals surface area contributed by atoms with E-state index in [-0.39, 0.29) is 17.6 Å². The predicted molar refractivity (Wildman–Crippen MR) is 114 cm³/mol. The number of aryl methyl sites for hydroxylation is 1. The minimum Gasteiger partial charge on any atom is -0.462 e. The molecule has 9 heteroatoms. The van der Waals surface area contributed by atoms with Crippen molar-refractivity contribution < 1.29 is 14.3 Å². The molecular formula is C20H24N4O3S2. The van der Waals surface area contributed by atoms with Crippen molar-refractivity contribution in [2.75, 3.05) is 17.7 Å². The molecule has 0 unspecified atom stereocenters. The second-order valence-corrected chi connectivity index (χ2v) is 9.18. The average Bonchev–Trinajstić information content (AvgIpc) is 3.15. The van der Waals surface area contributed by atoms with Crippen molar-refractivity contribution in [3.63, 3.8) is 0 Å². The van der Waals surface area contributed by atoms with Crippen LogP contribution in [-0.2, 0) is 28.9 Å². The number of thiophene rings is 1. The molecule has 1 fully saturated rings. The number of hydrogen-bond acceptors (Lipinski definition) is 7. The highest BCUT2D eigenvalue weighted by Crippen LogP contribution is 2.41. The van der Waals surface area contributed by atoms with Crippen LogP contribution < -0.4 is 5.32 Å². The Morgan fingerprint density at radius 1 is 1.38 bits per heavy atom. The van der Waals surface area contributed by atoms with E-state index in [1.807, 2.05) is 10.6 Å². The lowest BCUT2D eigenvalue weighted by atomic mass is 10.1. The van der Waals surface area contributed by atoms with E-state index in [9.17, 15) is 9.59 Å². The molecule has 0 radical (unpaired) electrons. The Labute approximate surface area is 177 Å². The SMILES string of the molecule is C=CCn1c(SCC(=O)Nc2sc3c(c2C(=O)OCC)CCC3)nnc1C1CC1. The Morgan fingerprint density at radius 3 is 2.93 bits per heavy atom. The van der Waals surface area contributed by atoms with Crippen molar-refractivity contribution in [1.29, 1.82) is 0 Å². The Hall–Kier alpha value is -2.13. The molecule has 2 heterocycles. The maximum absolute atomic E-state index is 12.6. The van der Waals surface area contributed by atoms with E-state index < -0.39 is 0 Å². The highest BCUT2D eigenvalue weighted by Gasteiger charge is 2.31. The Bertz CT molecular complexity index is 946. The van der Waals surface area contributed by atoms with E-state index in [1.165, 1.54) is 28.0 Å². The summed E-state index contributed by atoms with van der Waals surface area (Å²) >= 11 is 2.85. The fraction of sp³-hybridized carbons (Fsp3) is 0.500. The van der Waals surface area contributed by atoms with Crippen LogP contribution in [0.3, 0.4) is 0 Å². The van der Waals surface area contributed by atoms with Gasteiger partial charge in [0, 0.05) is 17.3 Å². The van der Waals surface area contributed by atoms with E-state index in [1.54, 1.807) is 6.92 Å². The van der Waals surface area contributed by atoms with Gasteiger partial charge in [0.1, 0.15) is 10.8 Å². The molecule has 1 amide bonds. The normalized spacial score (nSPS) is 15.2. The molecule has 0 aromatic carbocycles. The second-order valence-electron chi connectivity index (χ2n) is 7.13. The number of carbonyl (C=O) groups excluding carboxylic acids is 2. The largest absolute Gasteiger partial charge is 0.462 e. The lowest BCUT2D eigenvalue weighted by Gasteiger charge is -2.09. The van der Waals surface area contributed by atoms with Crippen LogP contribution in [0.15, 0.2) is 17.8 Å². The molecule has 0 bridgehead atoms. The van der Waals surface area contributed by atoms with Crippen LogP contribution in [-0.4, -0.2) is 39.0 Å². The molecule has 2 aliphatic carbocycles. The zero-order valence-corrected chi connectivity index (χ0v) is 18.0. The van der Waals surface area contributed by atoms with Gasteiger partial charge in [-0.2, -0.15) is 0 Å². The first kappa shape index (κ1) is 20.2. The van der Waals surface area contributed by atoms with E-state index in [4.69, 9.17) is 4.74 Å². The number of fused-ring (bicyclic) bond motifs is 1. The smallest absolute Gasteiger partial charge is 0.341 e. The Kier molecular flexibility index (Phi) is 6.05. The molecule has 0 aliphatic heterocycles. The molecule has 1 saturated carbocycles. The summed E-state index contributed by atoms with van der Waals surface area (Å²) in [6, 6.07) is 0. The third kappa shape index (κ3) is 4.25. The number of ether oxygens (including phenoxy) is 1. The number of hydrogen-bond donors (Lipinski definition) is 1. The molecule has 2 aliphatic rings. The number of nitrogens with zero attached hydrogens (tertiary/aromatic N) is 3. The summed E-state index contributed by atoms with van der Waals surface area (Å²) in [5, 5.41) is 12.8. The summed E-state index contributed by atoms with van der Waals surface area (Å²) in [5.74, 6) is 1.14. The highest BCUT2D eigenvalue weighted by molar-refractivity contribution is 7.99. The summed E-state index contributed by atoms with van der Waals surface area (Å²) < 4.78 is 7.25. The van der Waals surface area contributed by atoms with Gasteiger partial charge in [-0.15, -0.1) is 28.1 Å². The zero-order valence-electron chi connectivity index (χ0n) is 16.4. The maximum atomic E-state index is 12.6. The van der Waals surface area contributed by atoms with Gasteiger partial charge in [0.2, 0.25) is 5.91 Å². The number of carbonyl (C=O) groups is 2. The van der Waals surface area contributed by atoms with Gasteiger partial charge in [-0.3, -0.25) is 4.79 Å². The molecule has 29 heavy (non-hydrogen) atoms. The van der Waals surface area contributed by atoms with Crippen molar-refractivity contribution in [1.82, 2.24) is 14.8 Å². The summed E-state index contributed by atoms with van der Waals surface area (Å²) in [5.41, 5.74) is 1.57. The standard InChI is InChI=1S/C20H24N4O3S2/c1-3-10-24-17(12-8-9-12)22-23-20(24)28-11-15(25)21-18-16(19(26)27-4-2)13-6-5-7-14(13)29-18/h3,12H,1,4-11H2,2H3,(H,21,25). The number of esters is 1. The van der Waals surface area contributed by atoms with Crippen molar-refractivity contribution >= 4 is 40.0 Å². The third-order valence-corrected chi connectivity index (χ3v) is 7.16. The number of thioether (sulfide) groups is 1. The minimum atomic E-state index is -0.352. The van der Waals surface area contributed by atoms with Gasteiger partial charge in [0.05, 0.1) is 17.9 Å². The summed E-state index contributed by atoms with van der Waals surface area (Å²) in [7, 11) is 0. The van der Waals surface area contributed by atoms with E-state index in [0.29, 0.717) is 29.6 Å². The first-order chi connectivity index (χ1) is 14.1. The molecule has 2 aromatic heterocycles. The summed E-state index contributed by atoms with van der Waals surface area (Å²) in [6.45, 7) is 6.54. The van der Waals surface area contributed by atoms with Gasteiger partial charge < -0.3 is 14.6 Å². The van der Waals surface area contributed by atoms with Gasteiger partial charge in [-0.1, -0.05) is 17.8 Å². The van der Waals surface area contributed by atoms with Gasteiger partial charge >= 0.3 is 5.97 Å². The predicted octanol–water partition coefficient (Wildman–Crippen LogP) is 3.80. The topological polar surface area (TPSA) is 86.1 Å².